The average Bonchev–Trinajstić information content (AvgIpc) is 3.19. The highest BCUT2D eigenvalue weighted by Gasteiger charge is 2.15. The lowest BCUT2D eigenvalue weighted by Gasteiger charge is -2.11. The molecule has 3 aromatic rings. The molecule has 0 aliphatic rings. The third-order valence-electron chi connectivity index (χ3n) is 3.64. The lowest BCUT2D eigenvalue weighted by molar-refractivity contribution is 0.601. The maximum Gasteiger partial charge on any atom is 0.261 e. The predicted molar refractivity (Wildman–Crippen MR) is 99.8 cm³/mol. The molecule has 1 aromatic heterocycles. The van der Waals surface area contributed by atoms with Crippen LogP contribution in [0.15, 0.2) is 59.6 Å². The Kier molecular flexibility index (Phi) is 5.14. The van der Waals surface area contributed by atoms with E-state index in [1.165, 1.54) is 18.3 Å². The topological polar surface area (TPSA) is 136 Å². The minimum atomic E-state index is -3.70. The van der Waals surface area contributed by atoms with Crippen molar-refractivity contribution < 1.29 is 8.42 Å². The third-order valence-corrected chi connectivity index (χ3v) is 5.03. The molecule has 0 atom stereocenters. The number of hydrogen-bond acceptors (Lipinski definition) is 7. The van der Waals surface area contributed by atoms with Crippen molar-refractivity contribution in [2.45, 2.75) is 11.8 Å². The van der Waals surface area contributed by atoms with Crippen molar-refractivity contribution in [2.75, 3.05) is 10.0 Å². The van der Waals surface area contributed by atoms with Gasteiger partial charge in [-0.25, -0.2) is 8.42 Å². The molecular weight excluding hydrogens is 366 g/mol. The molecule has 3 rings (SSSR count). The first-order valence-electron chi connectivity index (χ1n) is 7.79. The molecule has 1 heterocycles. The number of allylic oxidation sites excluding steroid dienone is 1. The second kappa shape index (κ2) is 7.67. The van der Waals surface area contributed by atoms with Crippen LogP contribution in [0, 0.1) is 18.3 Å². The summed E-state index contributed by atoms with van der Waals surface area (Å²) in [6.45, 7) is 1.83. The van der Waals surface area contributed by atoms with Crippen LogP contribution < -0.4 is 10.0 Å². The first-order chi connectivity index (χ1) is 13.0. The zero-order chi connectivity index (χ0) is 19.3. The number of para-hydroxylation sites is 1. The number of tetrazole rings is 1. The summed E-state index contributed by atoms with van der Waals surface area (Å²) in [6.07, 6.45) is 1.42. The second-order valence-electron chi connectivity index (χ2n) is 5.49. The Balaban J connectivity index is 1.75. The molecule has 0 aliphatic carbocycles. The summed E-state index contributed by atoms with van der Waals surface area (Å²) in [5.74, 6) is 0.159. The van der Waals surface area contributed by atoms with E-state index in [1.54, 1.807) is 24.3 Å². The first-order valence-corrected chi connectivity index (χ1v) is 9.27. The van der Waals surface area contributed by atoms with Gasteiger partial charge in [-0.2, -0.15) is 10.5 Å². The number of benzene rings is 2. The van der Waals surface area contributed by atoms with Gasteiger partial charge in [0.1, 0.15) is 11.6 Å². The van der Waals surface area contributed by atoms with Crippen molar-refractivity contribution >= 4 is 27.0 Å². The van der Waals surface area contributed by atoms with Gasteiger partial charge in [0.25, 0.3) is 10.0 Å². The van der Waals surface area contributed by atoms with Crippen molar-refractivity contribution in [3.63, 3.8) is 0 Å². The number of anilines is 2. The van der Waals surface area contributed by atoms with Gasteiger partial charge in [-0.3, -0.25) is 4.72 Å². The fourth-order valence-corrected chi connectivity index (χ4v) is 3.33. The van der Waals surface area contributed by atoms with E-state index >= 15 is 0 Å². The Morgan fingerprint density at radius 1 is 1.19 bits per heavy atom. The number of nitriles is 1. The van der Waals surface area contributed by atoms with Crippen LogP contribution in [-0.4, -0.2) is 29.0 Å². The Morgan fingerprint density at radius 2 is 1.93 bits per heavy atom. The van der Waals surface area contributed by atoms with Gasteiger partial charge in [0, 0.05) is 11.9 Å². The van der Waals surface area contributed by atoms with E-state index in [9.17, 15) is 8.42 Å². The Morgan fingerprint density at radius 3 is 2.56 bits per heavy atom. The second-order valence-corrected chi connectivity index (χ2v) is 7.18. The zero-order valence-corrected chi connectivity index (χ0v) is 15.0. The predicted octanol–water partition coefficient (Wildman–Crippen LogP) is 2.29. The van der Waals surface area contributed by atoms with Crippen LogP contribution in [0.2, 0.25) is 0 Å². The fraction of sp³-hybridized carbons (Fsp3) is 0.0588. The summed E-state index contributed by atoms with van der Waals surface area (Å²) in [7, 11) is -3.70. The molecular formula is C17H15N7O2S. The van der Waals surface area contributed by atoms with Gasteiger partial charge in [0.05, 0.1) is 10.6 Å². The number of H-pyrrole nitrogens is 1. The Hall–Kier alpha value is -3.71. The van der Waals surface area contributed by atoms with Gasteiger partial charge in [-0.15, -0.1) is 10.2 Å². The zero-order valence-electron chi connectivity index (χ0n) is 14.2. The highest BCUT2D eigenvalue weighted by atomic mass is 32.2. The summed E-state index contributed by atoms with van der Waals surface area (Å²) >= 11 is 0. The van der Waals surface area contributed by atoms with Crippen molar-refractivity contribution in [1.29, 1.82) is 5.26 Å². The van der Waals surface area contributed by atoms with E-state index in [4.69, 9.17) is 5.26 Å². The van der Waals surface area contributed by atoms with Crippen LogP contribution >= 0.6 is 0 Å². The highest BCUT2D eigenvalue weighted by Crippen LogP contribution is 2.21. The largest absolute Gasteiger partial charge is 0.360 e. The average molecular weight is 381 g/mol. The smallest absolute Gasteiger partial charge is 0.261 e. The van der Waals surface area contributed by atoms with Crippen LogP contribution in [0.5, 0.6) is 0 Å². The first kappa shape index (κ1) is 18.1. The highest BCUT2D eigenvalue weighted by molar-refractivity contribution is 7.92. The van der Waals surface area contributed by atoms with E-state index in [0.717, 1.165) is 5.56 Å². The molecule has 10 heteroatoms. The fourth-order valence-electron chi connectivity index (χ4n) is 2.20. The van der Waals surface area contributed by atoms with E-state index in [1.807, 2.05) is 25.1 Å². The van der Waals surface area contributed by atoms with Crippen LogP contribution in [0.3, 0.4) is 0 Å². The maximum atomic E-state index is 12.5. The number of aromatic nitrogens is 4. The van der Waals surface area contributed by atoms with Gasteiger partial charge < -0.3 is 5.32 Å². The summed E-state index contributed by atoms with van der Waals surface area (Å²) in [5, 5.41) is 25.1. The summed E-state index contributed by atoms with van der Waals surface area (Å²) in [6, 6.07) is 15.2. The van der Waals surface area contributed by atoms with E-state index in [0.29, 0.717) is 11.4 Å². The number of nitrogens with one attached hydrogen (secondary N) is 3. The number of rotatable bonds is 6. The van der Waals surface area contributed by atoms with E-state index < -0.39 is 10.0 Å². The summed E-state index contributed by atoms with van der Waals surface area (Å²) in [5.41, 5.74) is 2.14. The Bertz CT molecular complexity index is 1100. The number of sulfonamides is 1. The molecule has 0 bridgehead atoms. The van der Waals surface area contributed by atoms with Crippen molar-refractivity contribution in [3.05, 3.63) is 66.1 Å². The van der Waals surface area contributed by atoms with E-state index in [-0.39, 0.29) is 16.3 Å². The van der Waals surface area contributed by atoms with Crippen LogP contribution in [0.1, 0.15) is 11.4 Å². The van der Waals surface area contributed by atoms with Crippen LogP contribution in [0.4, 0.5) is 11.4 Å². The van der Waals surface area contributed by atoms with Gasteiger partial charge in [-0.1, -0.05) is 18.2 Å². The minimum absolute atomic E-state index is 0.124. The molecule has 0 radical (unpaired) electrons. The minimum Gasteiger partial charge on any atom is -0.360 e. The van der Waals surface area contributed by atoms with Gasteiger partial charge in [-0.05, 0) is 48.0 Å². The standard InChI is InChI=1S/C17H15N7O2S/c1-12-4-2-3-5-16(12)22-27(25,26)15-8-6-14(7-9-15)19-11-13(10-18)17-20-23-24-21-17/h2-9,11,19,22H,1H3,(H,20,21,23,24). The Labute approximate surface area is 155 Å². The molecule has 27 heavy (non-hydrogen) atoms. The molecule has 0 fully saturated rings. The molecule has 136 valence electrons. The maximum absolute atomic E-state index is 12.5. The molecule has 0 saturated carbocycles. The third kappa shape index (κ3) is 4.28. The van der Waals surface area contributed by atoms with Crippen LogP contribution in [0.25, 0.3) is 5.57 Å². The van der Waals surface area contributed by atoms with Gasteiger partial charge in [0.2, 0.25) is 5.82 Å². The van der Waals surface area contributed by atoms with E-state index in [2.05, 4.69) is 30.7 Å². The molecule has 0 amide bonds. The van der Waals surface area contributed by atoms with Gasteiger partial charge in [0.15, 0.2) is 0 Å². The molecule has 0 spiro atoms. The number of nitrogens with zero attached hydrogens (tertiary/aromatic N) is 4. The molecule has 2 aromatic carbocycles. The molecule has 3 N–H and O–H groups in total. The van der Waals surface area contributed by atoms with Crippen molar-refractivity contribution in [2.24, 2.45) is 0 Å². The normalized spacial score (nSPS) is 11.6. The molecule has 9 nitrogen and oxygen atoms in total. The quantitative estimate of drug-likeness (QED) is 0.557. The van der Waals surface area contributed by atoms with Crippen molar-refractivity contribution in [1.82, 2.24) is 20.6 Å². The lowest BCUT2D eigenvalue weighted by Crippen LogP contribution is -2.13. The number of hydrogen-bond donors (Lipinski definition) is 3. The van der Waals surface area contributed by atoms with Crippen LogP contribution in [-0.2, 0) is 10.0 Å². The number of aryl methyl sites for hydroxylation is 1. The molecule has 0 unspecified atom stereocenters. The lowest BCUT2D eigenvalue weighted by atomic mass is 10.2. The summed E-state index contributed by atoms with van der Waals surface area (Å²) < 4.78 is 27.6. The number of aromatic amines is 1. The monoisotopic (exact) mass is 381 g/mol. The summed E-state index contributed by atoms with van der Waals surface area (Å²) in [4.78, 5) is 0.124. The molecule has 0 aliphatic heterocycles. The SMILES string of the molecule is Cc1ccccc1NS(=O)(=O)c1ccc(NC=C(C#N)c2nn[nH]n2)cc1. The van der Waals surface area contributed by atoms with Crippen molar-refractivity contribution in [3.8, 4) is 6.07 Å². The van der Waals surface area contributed by atoms with Gasteiger partial charge >= 0.3 is 0 Å². The molecule has 0 saturated heterocycles.